The van der Waals surface area contributed by atoms with Gasteiger partial charge in [-0.2, -0.15) is 5.10 Å². The van der Waals surface area contributed by atoms with E-state index >= 15 is 0 Å². The Morgan fingerprint density at radius 2 is 1.74 bits per heavy atom. The number of nitrogens with zero attached hydrogens (tertiary/aromatic N) is 1. The Morgan fingerprint density at radius 3 is 2.42 bits per heavy atom. The fourth-order valence-electron chi connectivity index (χ4n) is 4.91. The maximum Gasteiger partial charge on any atom is 0.338 e. The van der Waals surface area contributed by atoms with Crippen LogP contribution in [-0.2, 0) is 20.9 Å². The first-order valence-electron chi connectivity index (χ1n) is 15.6. The average Bonchev–Trinajstić information content (AvgIpc) is 3.10. The normalized spacial score (nSPS) is 14.7. The number of methoxy groups -OCH3 is 2. The number of hydrazone groups is 1. The summed E-state index contributed by atoms with van der Waals surface area (Å²) in [6.07, 6.45) is 0.245. The molecular formula is C35H39BrN4O10. The zero-order valence-corrected chi connectivity index (χ0v) is 29.8. The van der Waals surface area contributed by atoms with Gasteiger partial charge in [-0.1, -0.05) is 34.1 Å². The third-order valence-electron chi connectivity index (χ3n) is 7.22. The second-order valence-electron chi connectivity index (χ2n) is 10.6. The van der Waals surface area contributed by atoms with E-state index < -0.39 is 30.2 Å². The highest BCUT2D eigenvalue weighted by atomic mass is 79.9. The third-order valence-corrected chi connectivity index (χ3v) is 7.67. The SMILES string of the molecule is CCOC(=O)c1ccc(COc2c(/C=N/N[C@H](O)COc3ccc([C@H]4NC(=O)NC(C)=C4C(=O)OC)cc3OCC)cc(Br)cc2OC)cc1. The van der Waals surface area contributed by atoms with Gasteiger partial charge in [-0.3, -0.25) is 5.43 Å². The number of esters is 2. The van der Waals surface area contributed by atoms with Crippen LogP contribution in [-0.4, -0.2) is 69.6 Å². The first kappa shape index (κ1) is 37.5. The molecule has 0 radical (unpaired) electrons. The molecule has 2 amide bonds. The van der Waals surface area contributed by atoms with E-state index in [0.29, 0.717) is 63.1 Å². The number of benzene rings is 3. The number of halogens is 1. The van der Waals surface area contributed by atoms with E-state index in [1.165, 1.54) is 20.4 Å². The number of carbonyl (C=O) groups excluding carboxylic acids is 3. The molecule has 1 aliphatic heterocycles. The third kappa shape index (κ3) is 9.66. The number of aliphatic hydroxyl groups is 1. The van der Waals surface area contributed by atoms with Gasteiger partial charge < -0.3 is 44.2 Å². The number of amides is 2. The molecule has 0 saturated heterocycles. The van der Waals surface area contributed by atoms with Crippen molar-refractivity contribution in [2.45, 2.75) is 39.6 Å². The van der Waals surface area contributed by atoms with Crippen LogP contribution in [0.25, 0.3) is 0 Å². The number of nitrogens with one attached hydrogen (secondary N) is 3. The van der Waals surface area contributed by atoms with Crippen LogP contribution in [0.2, 0.25) is 0 Å². The van der Waals surface area contributed by atoms with E-state index in [0.717, 1.165) is 5.56 Å². The summed E-state index contributed by atoms with van der Waals surface area (Å²) in [5.41, 5.74) is 5.63. The summed E-state index contributed by atoms with van der Waals surface area (Å²) in [4.78, 5) is 36.7. The number of aliphatic hydroxyl groups excluding tert-OH is 1. The van der Waals surface area contributed by atoms with E-state index in [1.807, 2.05) is 0 Å². The molecule has 15 heteroatoms. The van der Waals surface area contributed by atoms with Crippen LogP contribution in [0.4, 0.5) is 4.79 Å². The molecule has 0 spiro atoms. The highest BCUT2D eigenvalue weighted by Crippen LogP contribution is 2.36. The Balaban J connectivity index is 1.42. The molecule has 0 bridgehead atoms. The van der Waals surface area contributed by atoms with Crippen LogP contribution in [0.15, 0.2) is 75.4 Å². The molecule has 3 aromatic rings. The van der Waals surface area contributed by atoms with Crippen molar-refractivity contribution < 1.29 is 47.9 Å². The maximum atomic E-state index is 12.5. The Kier molecular flexibility index (Phi) is 13.5. The van der Waals surface area contributed by atoms with Crippen LogP contribution in [0, 0.1) is 0 Å². The number of rotatable bonds is 16. The van der Waals surface area contributed by atoms with Crippen molar-refractivity contribution in [2.24, 2.45) is 5.10 Å². The molecule has 0 aromatic heterocycles. The number of hydrogen-bond acceptors (Lipinski definition) is 12. The fraction of sp³-hybridized carbons (Fsp3) is 0.314. The van der Waals surface area contributed by atoms with Crippen molar-refractivity contribution in [3.8, 4) is 23.0 Å². The van der Waals surface area contributed by atoms with Crippen LogP contribution in [0.3, 0.4) is 0 Å². The van der Waals surface area contributed by atoms with Gasteiger partial charge in [0.05, 0.1) is 50.8 Å². The summed E-state index contributed by atoms with van der Waals surface area (Å²) >= 11 is 3.47. The summed E-state index contributed by atoms with van der Waals surface area (Å²) in [7, 11) is 2.78. The Hall–Kier alpha value is -5.28. The second kappa shape index (κ2) is 17.9. The van der Waals surface area contributed by atoms with Crippen molar-refractivity contribution in [3.05, 3.63) is 92.6 Å². The lowest BCUT2D eigenvalue weighted by molar-refractivity contribution is -0.136. The first-order valence-corrected chi connectivity index (χ1v) is 16.4. The highest BCUT2D eigenvalue weighted by molar-refractivity contribution is 9.10. The van der Waals surface area contributed by atoms with Gasteiger partial charge in [-0.05, 0) is 68.3 Å². The van der Waals surface area contributed by atoms with E-state index in [9.17, 15) is 19.5 Å². The highest BCUT2D eigenvalue weighted by Gasteiger charge is 2.32. The van der Waals surface area contributed by atoms with Crippen molar-refractivity contribution in [2.75, 3.05) is 34.0 Å². The summed E-state index contributed by atoms with van der Waals surface area (Å²) in [5, 5.41) is 20.1. The Bertz CT molecular complexity index is 1750. The first-order chi connectivity index (χ1) is 24.1. The quantitative estimate of drug-likeness (QED) is 0.0689. The topological polar surface area (TPSA) is 175 Å². The molecule has 266 valence electrons. The minimum absolute atomic E-state index is 0.177. The van der Waals surface area contributed by atoms with Gasteiger partial charge in [0.1, 0.15) is 13.2 Å². The molecule has 50 heavy (non-hydrogen) atoms. The Labute approximate surface area is 297 Å². The van der Waals surface area contributed by atoms with Crippen LogP contribution in [0.1, 0.15) is 53.9 Å². The lowest BCUT2D eigenvalue weighted by Gasteiger charge is -2.28. The number of urea groups is 1. The van der Waals surface area contributed by atoms with Crippen LogP contribution in [0.5, 0.6) is 23.0 Å². The molecule has 1 heterocycles. The van der Waals surface area contributed by atoms with Gasteiger partial charge in [0.2, 0.25) is 0 Å². The minimum atomic E-state index is -1.23. The largest absolute Gasteiger partial charge is 0.493 e. The van der Waals surface area contributed by atoms with E-state index in [2.05, 4.69) is 37.1 Å². The lowest BCUT2D eigenvalue weighted by atomic mass is 9.95. The van der Waals surface area contributed by atoms with Crippen molar-refractivity contribution in [1.29, 1.82) is 0 Å². The van der Waals surface area contributed by atoms with Gasteiger partial charge in [0.25, 0.3) is 0 Å². The van der Waals surface area contributed by atoms with Crippen molar-refractivity contribution in [1.82, 2.24) is 16.1 Å². The summed E-state index contributed by atoms with van der Waals surface area (Å²) in [6.45, 7) is 5.73. The molecule has 14 nitrogen and oxygen atoms in total. The molecule has 0 unspecified atom stereocenters. The Morgan fingerprint density at radius 1 is 0.980 bits per heavy atom. The predicted molar refractivity (Wildman–Crippen MR) is 186 cm³/mol. The van der Waals surface area contributed by atoms with Gasteiger partial charge in [0, 0.05) is 15.7 Å². The van der Waals surface area contributed by atoms with E-state index in [-0.39, 0.29) is 18.8 Å². The molecule has 1 aliphatic rings. The molecule has 0 saturated carbocycles. The smallest absolute Gasteiger partial charge is 0.338 e. The fourth-order valence-corrected chi connectivity index (χ4v) is 5.37. The number of allylic oxidation sites excluding steroid dienone is 1. The molecule has 4 N–H and O–H groups in total. The molecule has 2 atom stereocenters. The van der Waals surface area contributed by atoms with Gasteiger partial charge in [0.15, 0.2) is 29.2 Å². The molecule has 0 aliphatic carbocycles. The number of ether oxygens (including phenoxy) is 6. The predicted octanol–water partition coefficient (Wildman–Crippen LogP) is 4.73. The summed E-state index contributed by atoms with van der Waals surface area (Å²) < 4.78 is 33.9. The molecule has 3 aromatic carbocycles. The lowest BCUT2D eigenvalue weighted by Crippen LogP contribution is -2.45. The zero-order chi connectivity index (χ0) is 36.2. The zero-order valence-electron chi connectivity index (χ0n) is 28.2. The van der Waals surface area contributed by atoms with Crippen molar-refractivity contribution >= 4 is 40.1 Å². The maximum absolute atomic E-state index is 12.5. The summed E-state index contributed by atoms with van der Waals surface area (Å²) in [6, 6.07) is 14.1. The van der Waals surface area contributed by atoms with E-state index in [1.54, 1.807) is 75.4 Å². The number of hydrogen-bond donors (Lipinski definition) is 4. The van der Waals surface area contributed by atoms with Crippen molar-refractivity contribution in [3.63, 3.8) is 0 Å². The summed E-state index contributed by atoms with van der Waals surface area (Å²) in [5.74, 6) is 0.544. The standard InChI is InChI=1S/C35H39BrN4O10/c1-6-47-27-15-23(31-30(34(43)46-5)20(3)38-35(44)39-31)12-13-26(27)49-19-29(41)40-37-17-24-14-25(36)16-28(45-4)32(24)50-18-21-8-10-22(11-9-21)33(42)48-7-2/h8-17,29,31,40-41H,6-7,18-19H2,1-5H3,(H2,38,39,44)/b37-17+/t29-,31-/m1/s1. The molecule has 4 rings (SSSR count). The van der Waals surface area contributed by atoms with Gasteiger partial charge in [-0.25, -0.2) is 14.4 Å². The van der Waals surface area contributed by atoms with Crippen LogP contribution >= 0.6 is 15.9 Å². The minimum Gasteiger partial charge on any atom is -0.493 e. The van der Waals surface area contributed by atoms with Gasteiger partial charge in [-0.15, -0.1) is 0 Å². The average molecular weight is 756 g/mol. The van der Waals surface area contributed by atoms with Gasteiger partial charge >= 0.3 is 18.0 Å². The van der Waals surface area contributed by atoms with E-state index in [4.69, 9.17) is 28.4 Å². The monoisotopic (exact) mass is 754 g/mol. The second-order valence-corrected chi connectivity index (χ2v) is 11.6. The molecule has 0 fully saturated rings. The number of carbonyl (C=O) groups is 3. The molecular weight excluding hydrogens is 716 g/mol. The van der Waals surface area contributed by atoms with Crippen LogP contribution < -0.4 is 35.0 Å².